The van der Waals surface area contributed by atoms with Crippen molar-refractivity contribution >= 4 is 0 Å². The third-order valence-corrected chi connectivity index (χ3v) is 1.88. The van der Waals surface area contributed by atoms with Crippen LogP contribution >= 0.6 is 0 Å². The van der Waals surface area contributed by atoms with Crippen LogP contribution in [0.3, 0.4) is 0 Å². The third kappa shape index (κ3) is 2.05. The number of nitrogens with zero attached hydrogens (tertiary/aromatic N) is 3. The van der Waals surface area contributed by atoms with Crippen molar-refractivity contribution in [1.82, 2.24) is 9.55 Å². The zero-order valence-electron chi connectivity index (χ0n) is 8.36. The Morgan fingerprint density at radius 2 is 2.31 bits per heavy atom. The van der Waals surface area contributed by atoms with E-state index in [-0.39, 0.29) is 0 Å². The van der Waals surface area contributed by atoms with Gasteiger partial charge in [-0.1, -0.05) is 20.4 Å². The smallest absolute Gasteiger partial charge is 0.138 e. The molecule has 0 saturated heterocycles. The zero-order chi connectivity index (χ0) is 9.84. The molecule has 0 atom stereocenters. The van der Waals surface area contributed by atoms with E-state index in [1.807, 2.05) is 17.8 Å². The highest BCUT2D eigenvalue weighted by molar-refractivity contribution is 5.08. The molecule has 1 aromatic rings. The van der Waals surface area contributed by atoms with Gasteiger partial charge in [0.05, 0.1) is 6.33 Å². The zero-order valence-corrected chi connectivity index (χ0v) is 8.36. The molecule has 0 spiro atoms. The van der Waals surface area contributed by atoms with Gasteiger partial charge in [0, 0.05) is 25.0 Å². The molecule has 0 bridgehead atoms. The van der Waals surface area contributed by atoms with Gasteiger partial charge in [0.15, 0.2) is 0 Å². The van der Waals surface area contributed by atoms with Crippen molar-refractivity contribution in [1.29, 1.82) is 0 Å². The fourth-order valence-electron chi connectivity index (χ4n) is 1.19. The summed E-state index contributed by atoms with van der Waals surface area (Å²) < 4.78 is 1.90. The maximum Gasteiger partial charge on any atom is 0.138 e. The molecule has 3 nitrogen and oxygen atoms in total. The summed E-state index contributed by atoms with van der Waals surface area (Å²) in [5, 5.41) is 0. The van der Waals surface area contributed by atoms with Gasteiger partial charge in [0.2, 0.25) is 0 Å². The molecule has 0 unspecified atom stereocenters. The first-order chi connectivity index (χ1) is 6.16. The van der Waals surface area contributed by atoms with E-state index in [1.165, 1.54) is 0 Å². The van der Waals surface area contributed by atoms with Crippen molar-refractivity contribution in [3.8, 4) is 0 Å². The molecule has 0 aliphatic heterocycles. The first-order valence-corrected chi connectivity index (χ1v) is 4.32. The van der Waals surface area contributed by atoms with Crippen molar-refractivity contribution in [2.45, 2.75) is 19.8 Å². The van der Waals surface area contributed by atoms with E-state index in [2.05, 4.69) is 30.4 Å². The van der Waals surface area contributed by atoms with Crippen molar-refractivity contribution in [2.75, 3.05) is 0 Å². The van der Waals surface area contributed by atoms with E-state index in [0.29, 0.717) is 5.92 Å². The Hall–Kier alpha value is -1.38. The van der Waals surface area contributed by atoms with Gasteiger partial charge in [-0.25, -0.2) is 9.98 Å². The summed E-state index contributed by atoms with van der Waals surface area (Å²) in [7, 11) is 1.93. The van der Waals surface area contributed by atoms with Crippen LogP contribution < -0.4 is 5.49 Å². The molecule has 0 aliphatic carbocycles. The second-order valence-electron chi connectivity index (χ2n) is 3.25. The first kappa shape index (κ1) is 9.71. The summed E-state index contributed by atoms with van der Waals surface area (Å²) in [5.74, 6) is 0.429. The molecule has 0 N–H and O–H groups in total. The van der Waals surface area contributed by atoms with E-state index < -0.39 is 0 Å². The minimum atomic E-state index is 0.429. The molecule has 70 valence electrons. The first-order valence-electron chi connectivity index (χ1n) is 4.32. The Morgan fingerprint density at radius 3 is 2.85 bits per heavy atom. The molecule has 1 rings (SSSR count). The summed E-state index contributed by atoms with van der Waals surface area (Å²) in [5.41, 5.74) is 2.07. The maximum absolute atomic E-state index is 4.21. The van der Waals surface area contributed by atoms with Crippen molar-refractivity contribution in [3.63, 3.8) is 0 Å². The lowest BCUT2D eigenvalue weighted by Gasteiger charge is -2.07. The number of hydrogen-bond acceptors (Lipinski definition) is 2. The molecular weight excluding hydrogens is 162 g/mol. The van der Waals surface area contributed by atoms with Crippen LogP contribution in [-0.4, -0.2) is 9.55 Å². The highest BCUT2D eigenvalue weighted by Gasteiger charge is 2.03. The van der Waals surface area contributed by atoms with E-state index in [0.717, 1.165) is 11.1 Å². The Bertz CT molecular complexity index is 361. The van der Waals surface area contributed by atoms with E-state index in [1.54, 1.807) is 12.5 Å². The van der Waals surface area contributed by atoms with Crippen LogP contribution in [0.2, 0.25) is 0 Å². The number of hydrogen-bond donors (Lipinski definition) is 0. The van der Waals surface area contributed by atoms with Gasteiger partial charge in [0.1, 0.15) is 5.49 Å². The van der Waals surface area contributed by atoms with Crippen molar-refractivity contribution < 1.29 is 0 Å². The standard InChI is InChI=1S/C10H15N3/c1-5-12-10-9(8(2)3)6-11-7-13(10)4/h5-8H,1H2,2-4H3. The van der Waals surface area contributed by atoms with Crippen LogP contribution in [0.4, 0.5) is 0 Å². The van der Waals surface area contributed by atoms with Crippen LogP contribution in [-0.2, 0) is 7.05 Å². The molecule has 13 heavy (non-hydrogen) atoms. The van der Waals surface area contributed by atoms with Gasteiger partial charge >= 0.3 is 0 Å². The summed E-state index contributed by atoms with van der Waals surface area (Å²) in [4.78, 5) is 8.33. The van der Waals surface area contributed by atoms with Gasteiger partial charge in [-0.15, -0.1) is 0 Å². The Kier molecular flexibility index (Phi) is 3.01. The molecule has 1 heterocycles. The summed E-state index contributed by atoms with van der Waals surface area (Å²) in [6.45, 7) is 7.85. The highest BCUT2D eigenvalue weighted by Crippen LogP contribution is 2.06. The van der Waals surface area contributed by atoms with E-state index in [4.69, 9.17) is 0 Å². The second-order valence-corrected chi connectivity index (χ2v) is 3.25. The third-order valence-electron chi connectivity index (χ3n) is 1.88. The summed E-state index contributed by atoms with van der Waals surface area (Å²) in [6, 6.07) is 0. The van der Waals surface area contributed by atoms with Crippen LogP contribution in [0.25, 0.3) is 0 Å². The topological polar surface area (TPSA) is 30.2 Å². The SMILES string of the molecule is C=CN=c1c(C(C)C)cncn1C. The highest BCUT2D eigenvalue weighted by atomic mass is 15.0. The summed E-state index contributed by atoms with van der Waals surface area (Å²) >= 11 is 0. The van der Waals surface area contributed by atoms with Crippen LogP contribution in [0.5, 0.6) is 0 Å². The summed E-state index contributed by atoms with van der Waals surface area (Å²) in [6.07, 6.45) is 5.16. The quantitative estimate of drug-likeness (QED) is 0.674. The number of aromatic nitrogens is 2. The normalized spacial score (nSPS) is 12.2. The maximum atomic E-state index is 4.21. The molecule has 0 radical (unpaired) electrons. The van der Waals surface area contributed by atoms with Crippen LogP contribution in [0.1, 0.15) is 25.3 Å². The Morgan fingerprint density at radius 1 is 1.62 bits per heavy atom. The lowest BCUT2D eigenvalue weighted by Crippen LogP contribution is -2.23. The average Bonchev–Trinajstić information content (AvgIpc) is 2.08. The predicted molar refractivity (Wildman–Crippen MR) is 53.1 cm³/mol. The predicted octanol–water partition coefficient (Wildman–Crippen LogP) is 1.59. The Balaban J connectivity index is 3.43. The molecule has 1 aromatic heterocycles. The van der Waals surface area contributed by atoms with E-state index in [9.17, 15) is 0 Å². The largest absolute Gasteiger partial charge is 0.320 e. The number of rotatable bonds is 2. The molecular formula is C10H15N3. The minimum absolute atomic E-state index is 0.429. The van der Waals surface area contributed by atoms with Crippen LogP contribution in [0, 0.1) is 0 Å². The van der Waals surface area contributed by atoms with E-state index >= 15 is 0 Å². The lowest BCUT2D eigenvalue weighted by molar-refractivity contribution is 0.736. The van der Waals surface area contributed by atoms with Gasteiger partial charge in [-0.2, -0.15) is 0 Å². The average molecular weight is 177 g/mol. The van der Waals surface area contributed by atoms with Gasteiger partial charge < -0.3 is 4.57 Å². The molecule has 0 aliphatic rings. The van der Waals surface area contributed by atoms with Gasteiger partial charge in [0.25, 0.3) is 0 Å². The van der Waals surface area contributed by atoms with Crippen molar-refractivity contribution in [3.05, 3.63) is 36.4 Å². The fourth-order valence-corrected chi connectivity index (χ4v) is 1.19. The monoisotopic (exact) mass is 177 g/mol. The lowest BCUT2D eigenvalue weighted by atomic mass is 10.1. The minimum Gasteiger partial charge on any atom is -0.320 e. The number of aryl methyl sites for hydroxylation is 1. The van der Waals surface area contributed by atoms with Gasteiger partial charge in [-0.3, -0.25) is 0 Å². The second kappa shape index (κ2) is 4.03. The Labute approximate surface area is 78.5 Å². The van der Waals surface area contributed by atoms with Gasteiger partial charge in [-0.05, 0) is 5.92 Å². The molecule has 0 fully saturated rings. The molecule has 3 heteroatoms. The van der Waals surface area contributed by atoms with Crippen molar-refractivity contribution in [2.24, 2.45) is 12.0 Å². The van der Waals surface area contributed by atoms with Crippen LogP contribution in [0.15, 0.2) is 30.3 Å². The fraction of sp³-hybridized carbons (Fsp3) is 0.400. The molecule has 0 amide bonds. The molecule has 0 saturated carbocycles. The molecule has 0 aromatic carbocycles.